The van der Waals surface area contributed by atoms with Crippen molar-refractivity contribution in [2.45, 2.75) is 6.42 Å². The predicted molar refractivity (Wildman–Crippen MR) is 109 cm³/mol. The molecule has 4 aromatic rings. The van der Waals surface area contributed by atoms with E-state index in [-0.39, 0.29) is 5.91 Å². The van der Waals surface area contributed by atoms with Gasteiger partial charge in [-0.25, -0.2) is 0 Å². The van der Waals surface area contributed by atoms with Crippen molar-refractivity contribution in [2.24, 2.45) is 0 Å². The number of benzene rings is 3. The fraction of sp³-hybridized carbons (Fsp3) is 0.130. The molecule has 0 atom stereocenters. The van der Waals surface area contributed by atoms with Crippen LogP contribution in [-0.2, 0) is 0 Å². The average Bonchev–Trinajstić information content (AvgIpc) is 3.04. The molecule has 1 aromatic heterocycles. The number of nitrogens with zero attached hydrogens (tertiary/aromatic N) is 1. The zero-order valence-electron chi connectivity index (χ0n) is 15.6. The number of fused-ring (bicyclic) bond motifs is 2. The third-order valence-electron chi connectivity index (χ3n) is 4.78. The topological polar surface area (TPSA) is 73.6 Å². The summed E-state index contributed by atoms with van der Waals surface area (Å²) in [5.74, 6) is 1.76. The first-order valence-corrected chi connectivity index (χ1v) is 9.44. The number of rotatable bonds is 3. The fourth-order valence-corrected chi connectivity index (χ4v) is 3.32. The van der Waals surface area contributed by atoms with Crippen LogP contribution in [0, 0.1) is 0 Å². The summed E-state index contributed by atoms with van der Waals surface area (Å²) in [5.41, 5.74) is 2.78. The van der Waals surface area contributed by atoms with Gasteiger partial charge in [-0.3, -0.25) is 4.79 Å². The minimum atomic E-state index is -0.221. The zero-order valence-corrected chi connectivity index (χ0v) is 15.6. The van der Waals surface area contributed by atoms with E-state index in [2.05, 4.69) is 10.5 Å². The van der Waals surface area contributed by atoms with E-state index in [1.165, 1.54) is 0 Å². The summed E-state index contributed by atoms with van der Waals surface area (Å²) in [6, 6.07) is 20.4. The van der Waals surface area contributed by atoms with Gasteiger partial charge >= 0.3 is 0 Å². The lowest BCUT2D eigenvalue weighted by atomic mass is 10.1. The molecule has 0 fully saturated rings. The first-order valence-electron chi connectivity index (χ1n) is 9.44. The lowest BCUT2D eigenvalue weighted by Crippen LogP contribution is -2.11. The molecule has 2 heterocycles. The molecular formula is C23H18N2O4. The largest absolute Gasteiger partial charge is 0.490 e. The number of ether oxygens (including phenoxy) is 2. The van der Waals surface area contributed by atoms with Crippen molar-refractivity contribution in [1.82, 2.24) is 5.16 Å². The number of aromatic nitrogens is 1. The van der Waals surface area contributed by atoms with Gasteiger partial charge in [-0.2, -0.15) is 0 Å². The highest BCUT2D eigenvalue weighted by Gasteiger charge is 2.16. The molecule has 1 amide bonds. The smallest absolute Gasteiger partial charge is 0.255 e. The molecule has 0 spiro atoms. The van der Waals surface area contributed by atoms with E-state index in [9.17, 15) is 4.79 Å². The molecule has 1 aliphatic heterocycles. The number of carbonyl (C=O) groups excluding carboxylic acids is 1. The summed E-state index contributed by atoms with van der Waals surface area (Å²) in [6.45, 7) is 1.22. The van der Waals surface area contributed by atoms with Crippen LogP contribution in [0.1, 0.15) is 16.8 Å². The van der Waals surface area contributed by atoms with Crippen LogP contribution in [0.2, 0.25) is 0 Å². The molecule has 0 radical (unpaired) electrons. The second-order valence-corrected chi connectivity index (χ2v) is 6.78. The van der Waals surface area contributed by atoms with Crippen molar-refractivity contribution >= 4 is 22.5 Å². The molecule has 3 aromatic carbocycles. The summed E-state index contributed by atoms with van der Waals surface area (Å²) in [4.78, 5) is 12.8. The Morgan fingerprint density at radius 3 is 2.59 bits per heavy atom. The minimum absolute atomic E-state index is 0.221. The van der Waals surface area contributed by atoms with Crippen molar-refractivity contribution in [3.05, 3.63) is 72.3 Å². The Bertz CT molecular complexity index is 1180. The zero-order chi connectivity index (χ0) is 19.6. The second-order valence-electron chi connectivity index (χ2n) is 6.78. The van der Waals surface area contributed by atoms with Crippen molar-refractivity contribution in [3.63, 3.8) is 0 Å². The highest BCUT2D eigenvalue weighted by molar-refractivity contribution is 6.07. The minimum Gasteiger partial charge on any atom is -0.490 e. The van der Waals surface area contributed by atoms with Crippen LogP contribution in [-0.4, -0.2) is 24.3 Å². The van der Waals surface area contributed by atoms with Gasteiger partial charge in [-0.15, -0.1) is 0 Å². The molecule has 1 aliphatic rings. The van der Waals surface area contributed by atoms with Crippen LogP contribution in [0.5, 0.6) is 11.5 Å². The van der Waals surface area contributed by atoms with Crippen LogP contribution in [0.25, 0.3) is 22.2 Å². The van der Waals surface area contributed by atoms with E-state index in [1.807, 2.05) is 36.4 Å². The van der Waals surface area contributed by atoms with E-state index in [0.29, 0.717) is 47.2 Å². The van der Waals surface area contributed by atoms with Gasteiger partial charge in [0.2, 0.25) is 0 Å². The average molecular weight is 386 g/mol. The predicted octanol–water partition coefficient (Wildman–Crippen LogP) is 4.91. The van der Waals surface area contributed by atoms with Gasteiger partial charge < -0.3 is 19.3 Å². The standard InChI is InChI=1S/C23H18N2O4/c26-23(24-17-8-10-20-21(14-17)28-12-4-11-27-20)16-7-9-19-18(13-16)22(29-25-19)15-5-2-1-3-6-15/h1-3,5-10,13-14H,4,11-12H2,(H,24,26). The molecule has 0 unspecified atom stereocenters. The molecule has 0 saturated heterocycles. The number of carbonyl (C=O) groups is 1. The van der Waals surface area contributed by atoms with Crippen molar-refractivity contribution < 1.29 is 18.8 Å². The van der Waals surface area contributed by atoms with Gasteiger partial charge in [-0.05, 0) is 30.3 Å². The van der Waals surface area contributed by atoms with Gasteiger partial charge in [0, 0.05) is 29.3 Å². The molecule has 1 N–H and O–H groups in total. The molecule has 0 aliphatic carbocycles. The number of nitrogens with one attached hydrogen (secondary N) is 1. The molecule has 6 heteroatoms. The fourth-order valence-electron chi connectivity index (χ4n) is 3.32. The number of hydrogen-bond acceptors (Lipinski definition) is 5. The van der Waals surface area contributed by atoms with E-state index >= 15 is 0 Å². The first-order chi connectivity index (χ1) is 14.3. The SMILES string of the molecule is O=C(Nc1ccc2c(c1)OCCCO2)c1ccc2noc(-c3ccccc3)c2c1. The molecule has 144 valence electrons. The van der Waals surface area contributed by atoms with Gasteiger partial charge in [0.05, 0.1) is 18.6 Å². The van der Waals surface area contributed by atoms with Gasteiger partial charge in [0.15, 0.2) is 17.3 Å². The lowest BCUT2D eigenvalue weighted by molar-refractivity contribution is 0.102. The number of anilines is 1. The van der Waals surface area contributed by atoms with E-state index < -0.39 is 0 Å². The van der Waals surface area contributed by atoms with Gasteiger partial charge in [0.1, 0.15) is 5.52 Å². The van der Waals surface area contributed by atoms with E-state index in [4.69, 9.17) is 14.0 Å². The molecule has 29 heavy (non-hydrogen) atoms. The number of hydrogen-bond donors (Lipinski definition) is 1. The van der Waals surface area contributed by atoms with Gasteiger partial charge in [0.25, 0.3) is 5.91 Å². The third-order valence-corrected chi connectivity index (χ3v) is 4.78. The Balaban J connectivity index is 1.43. The molecular weight excluding hydrogens is 368 g/mol. The van der Waals surface area contributed by atoms with Crippen LogP contribution in [0.15, 0.2) is 71.3 Å². The summed E-state index contributed by atoms with van der Waals surface area (Å²) in [6.07, 6.45) is 0.832. The Kier molecular flexibility index (Phi) is 4.37. The summed E-state index contributed by atoms with van der Waals surface area (Å²) in [5, 5.41) is 7.81. The highest BCUT2D eigenvalue weighted by atomic mass is 16.5. The van der Waals surface area contributed by atoms with Crippen LogP contribution >= 0.6 is 0 Å². The van der Waals surface area contributed by atoms with Gasteiger partial charge in [-0.1, -0.05) is 35.5 Å². The molecule has 0 saturated carbocycles. The first kappa shape index (κ1) is 17.3. The summed E-state index contributed by atoms with van der Waals surface area (Å²) < 4.78 is 16.8. The maximum Gasteiger partial charge on any atom is 0.255 e. The van der Waals surface area contributed by atoms with Crippen molar-refractivity contribution in [3.8, 4) is 22.8 Å². The quantitative estimate of drug-likeness (QED) is 0.542. The van der Waals surface area contributed by atoms with Crippen LogP contribution in [0.3, 0.4) is 0 Å². The highest BCUT2D eigenvalue weighted by Crippen LogP contribution is 2.33. The monoisotopic (exact) mass is 386 g/mol. The number of amides is 1. The molecule has 0 bridgehead atoms. The maximum absolute atomic E-state index is 12.8. The molecule has 5 rings (SSSR count). The Morgan fingerprint density at radius 2 is 1.72 bits per heavy atom. The van der Waals surface area contributed by atoms with Crippen molar-refractivity contribution in [1.29, 1.82) is 0 Å². The Morgan fingerprint density at radius 1 is 0.897 bits per heavy atom. The summed E-state index contributed by atoms with van der Waals surface area (Å²) >= 11 is 0. The second kappa shape index (κ2) is 7.31. The Hall–Kier alpha value is -3.80. The van der Waals surface area contributed by atoms with E-state index in [0.717, 1.165) is 17.4 Å². The van der Waals surface area contributed by atoms with E-state index in [1.54, 1.807) is 30.3 Å². The molecule has 6 nitrogen and oxygen atoms in total. The maximum atomic E-state index is 12.8. The lowest BCUT2D eigenvalue weighted by Gasteiger charge is -2.10. The van der Waals surface area contributed by atoms with Crippen LogP contribution in [0.4, 0.5) is 5.69 Å². The van der Waals surface area contributed by atoms with Crippen LogP contribution < -0.4 is 14.8 Å². The Labute approximate surface area is 167 Å². The van der Waals surface area contributed by atoms with Crippen molar-refractivity contribution in [2.75, 3.05) is 18.5 Å². The summed E-state index contributed by atoms with van der Waals surface area (Å²) in [7, 11) is 0. The normalized spacial score (nSPS) is 13.1. The third kappa shape index (κ3) is 3.40.